The second kappa shape index (κ2) is 8.54. The van der Waals surface area contributed by atoms with Gasteiger partial charge in [0.15, 0.2) is 0 Å². The molecule has 3 aromatic rings. The Balaban J connectivity index is 1.58. The largest absolute Gasteiger partial charge is 0.341 e. The first kappa shape index (κ1) is 22.3. The lowest BCUT2D eigenvalue weighted by Gasteiger charge is -2.33. The number of imide groups is 1. The zero-order valence-electron chi connectivity index (χ0n) is 19.0. The molecular weight excluding hydrogens is 414 g/mol. The van der Waals surface area contributed by atoms with Crippen molar-refractivity contribution in [3.8, 4) is 0 Å². The Kier molecular flexibility index (Phi) is 5.77. The summed E-state index contributed by atoms with van der Waals surface area (Å²) in [5.41, 5.74) is 1.47. The van der Waals surface area contributed by atoms with Crippen LogP contribution in [0.5, 0.6) is 0 Å². The van der Waals surface area contributed by atoms with Gasteiger partial charge < -0.3 is 10.6 Å². The SMILES string of the molecule is Cc1ccc(C2(C)NC(=O)N(CC(=O)NC(C)(c3ccccc3)c3ccccc3)C2=O)cc1. The maximum Gasteiger partial charge on any atom is 0.325 e. The molecule has 0 spiro atoms. The van der Waals surface area contributed by atoms with Crippen molar-refractivity contribution in [1.82, 2.24) is 15.5 Å². The molecule has 1 unspecified atom stereocenters. The van der Waals surface area contributed by atoms with Gasteiger partial charge in [0.25, 0.3) is 5.91 Å². The van der Waals surface area contributed by atoms with Crippen LogP contribution in [0.3, 0.4) is 0 Å². The summed E-state index contributed by atoms with van der Waals surface area (Å²) in [6, 6.07) is 26.1. The molecule has 1 heterocycles. The van der Waals surface area contributed by atoms with Gasteiger partial charge in [-0.25, -0.2) is 4.79 Å². The Bertz CT molecular complexity index is 1140. The van der Waals surface area contributed by atoms with Crippen molar-refractivity contribution in [2.45, 2.75) is 31.8 Å². The second-order valence-corrected chi connectivity index (χ2v) is 8.72. The number of hydrogen-bond acceptors (Lipinski definition) is 3. The maximum atomic E-state index is 13.2. The van der Waals surface area contributed by atoms with Crippen LogP contribution < -0.4 is 10.6 Å². The minimum absolute atomic E-state index is 0.374. The Morgan fingerprint density at radius 2 is 1.42 bits per heavy atom. The highest BCUT2D eigenvalue weighted by Gasteiger charge is 2.49. The van der Waals surface area contributed by atoms with Gasteiger partial charge in [-0.3, -0.25) is 14.5 Å². The van der Waals surface area contributed by atoms with E-state index in [9.17, 15) is 14.4 Å². The molecule has 1 atom stereocenters. The predicted octanol–water partition coefficient (Wildman–Crippen LogP) is 3.84. The average Bonchev–Trinajstić information content (AvgIpc) is 3.04. The van der Waals surface area contributed by atoms with Crippen molar-refractivity contribution >= 4 is 17.8 Å². The van der Waals surface area contributed by atoms with Crippen LogP contribution in [0.15, 0.2) is 84.9 Å². The van der Waals surface area contributed by atoms with E-state index < -0.39 is 28.9 Å². The molecule has 4 rings (SSSR count). The monoisotopic (exact) mass is 441 g/mol. The van der Waals surface area contributed by atoms with E-state index in [1.165, 1.54) is 0 Å². The first-order chi connectivity index (χ1) is 15.7. The summed E-state index contributed by atoms with van der Waals surface area (Å²) in [6.07, 6.45) is 0. The quantitative estimate of drug-likeness (QED) is 0.571. The number of hydrogen-bond donors (Lipinski definition) is 2. The van der Waals surface area contributed by atoms with E-state index >= 15 is 0 Å². The van der Waals surface area contributed by atoms with Crippen LogP contribution in [0, 0.1) is 6.92 Å². The number of nitrogens with zero attached hydrogens (tertiary/aromatic N) is 1. The van der Waals surface area contributed by atoms with Gasteiger partial charge >= 0.3 is 6.03 Å². The van der Waals surface area contributed by atoms with E-state index in [0.29, 0.717) is 5.56 Å². The van der Waals surface area contributed by atoms with Crippen molar-refractivity contribution in [2.75, 3.05) is 6.54 Å². The molecule has 4 amide bonds. The fourth-order valence-electron chi connectivity index (χ4n) is 4.24. The van der Waals surface area contributed by atoms with E-state index in [1.807, 2.05) is 98.8 Å². The highest BCUT2D eigenvalue weighted by Crippen LogP contribution is 2.31. The fraction of sp³-hybridized carbons (Fsp3) is 0.222. The Hall–Kier alpha value is -3.93. The lowest BCUT2D eigenvalue weighted by Crippen LogP contribution is -2.49. The van der Waals surface area contributed by atoms with Crippen LogP contribution in [-0.4, -0.2) is 29.3 Å². The Labute approximate surface area is 193 Å². The van der Waals surface area contributed by atoms with Crippen LogP contribution in [0.4, 0.5) is 4.79 Å². The molecule has 3 aromatic carbocycles. The lowest BCUT2D eigenvalue weighted by molar-refractivity contribution is -0.135. The number of benzene rings is 3. The van der Waals surface area contributed by atoms with Gasteiger partial charge in [-0.15, -0.1) is 0 Å². The van der Waals surface area contributed by atoms with Gasteiger partial charge in [0.1, 0.15) is 12.1 Å². The summed E-state index contributed by atoms with van der Waals surface area (Å²) in [4.78, 5) is 40.1. The van der Waals surface area contributed by atoms with E-state index in [1.54, 1.807) is 6.92 Å². The molecule has 1 aliphatic rings. The van der Waals surface area contributed by atoms with Crippen molar-refractivity contribution in [3.63, 3.8) is 0 Å². The maximum absolute atomic E-state index is 13.2. The summed E-state index contributed by atoms with van der Waals surface area (Å²) in [5, 5.41) is 5.81. The molecule has 0 bridgehead atoms. The summed E-state index contributed by atoms with van der Waals surface area (Å²) >= 11 is 0. The van der Waals surface area contributed by atoms with Crippen LogP contribution in [-0.2, 0) is 20.7 Å². The normalized spacial score (nSPS) is 18.2. The van der Waals surface area contributed by atoms with Crippen molar-refractivity contribution in [3.05, 3.63) is 107 Å². The molecule has 1 fully saturated rings. The third-order valence-corrected chi connectivity index (χ3v) is 6.30. The summed E-state index contributed by atoms with van der Waals surface area (Å²) in [6.45, 7) is 5.15. The molecule has 33 heavy (non-hydrogen) atoms. The minimum Gasteiger partial charge on any atom is -0.341 e. The molecule has 6 nitrogen and oxygen atoms in total. The highest BCUT2D eigenvalue weighted by molar-refractivity contribution is 6.09. The van der Waals surface area contributed by atoms with E-state index in [-0.39, 0.29) is 6.54 Å². The minimum atomic E-state index is -1.22. The molecule has 0 radical (unpaired) electrons. The van der Waals surface area contributed by atoms with Gasteiger partial charge in [-0.2, -0.15) is 0 Å². The average molecular weight is 442 g/mol. The van der Waals surface area contributed by atoms with Crippen LogP contribution in [0.25, 0.3) is 0 Å². The van der Waals surface area contributed by atoms with Gasteiger partial charge in [0.05, 0.1) is 5.54 Å². The second-order valence-electron chi connectivity index (χ2n) is 8.72. The van der Waals surface area contributed by atoms with E-state index in [0.717, 1.165) is 21.6 Å². The number of nitrogens with one attached hydrogen (secondary N) is 2. The first-order valence-electron chi connectivity index (χ1n) is 10.9. The summed E-state index contributed by atoms with van der Waals surface area (Å²) in [7, 11) is 0. The number of amides is 4. The molecule has 0 aromatic heterocycles. The topological polar surface area (TPSA) is 78.5 Å². The molecule has 0 aliphatic carbocycles. The number of rotatable bonds is 6. The number of carbonyl (C=O) groups excluding carboxylic acids is 3. The van der Waals surface area contributed by atoms with Gasteiger partial charge in [-0.05, 0) is 37.5 Å². The van der Waals surface area contributed by atoms with Crippen molar-refractivity contribution in [2.24, 2.45) is 0 Å². The Morgan fingerprint density at radius 3 is 1.94 bits per heavy atom. The lowest BCUT2D eigenvalue weighted by atomic mass is 9.84. The van der Waals surface area contributed by atoms with Gasteiger partial charge in [-0.1, -0.05) is 90.5 Å². The van der Waals surface area contributed by atoms with E-state index in [4.69, 9.17) is 0 Å². The third-order valence-electron chi connectivity index (χ3n) is 6.30. The Morgan fingerprint density at radius 1 is 0.909 bits per heavy atom. The number of carbonyl (C=O) groups is 3. The highest BCUT2D eigenvalue weighted by atomic mass is 16.2. The molecule has 0 saturated carbocycles. The summed E-state index contributed by atoms with van der Waals surface area (Å²) < 4.78 is 0. The molecule has 2 N–H and O–H groups in total. The smallest absolute Gasteiger partial charge is 0.325 e. The summed E-state index contributed by atoms with van der Waals surface area (Å²) in [5.74, 6) is -0.880. The standard InChI is InChI=1S/C27H27N3O3/c1-19-14-16-22(17-15-19)27(3)24(32)30(25(33)29-27)18-23(31)28-26(2,20-10-6-4-7-11-20)21-12-8-5-9-13-21/h4-17H,18H2,1-3H3,(H,28,31)(H,29,33). The molecule has 1 aliphatic heterocycles. The van der Waals surface area contributed by atoms with Crippen LogP contribution in [0.2, 0.25) is 0 Å². The molecular formula is C27H27N3O3. The zero-order valence-corrected chi connectivity index (χ0v) is 19.0. The fourth-order valence-corrected chi connectivity index (χ4v) is 4.24. The van der Waals surface area contributed by atoms with Crippen molar-refractivity contribution < 1.29 is 14.4 Å². The van der Waals surface area contributed by atoms with Gasteiger partial charge in [0, 0.05) is 0 Å². The molecule has 1 saturated heterocycles. The van der Waals surface area contributed by atoms with Crippen molar-refractivity contribution in [1.29, 1.82) is 0 Å². The molecule has 168 valence electrons. The predicted molar refractivity (Wildman–Crippen MR) is 126 cm³/mol. The first-order valence-corrected chi connectivity index (χ1v) is 10.9. The third kappa shape index (κ3) is 4.12. The number of aryl methyl sites for hydroxylation is 1. The van der Waals surface area contributed by atoms with Crippen LogP contribution in [0.1, 0.15) is 36.1 Å². The zero-order chi connectivity index (χ0) is 23.6. The number of urea groups is 1. The molecule has 6 heteroatoms. The van der Waals surface area contributed by atoms with Gasteiger partial charge in [0.2, 0.25) is 5.91 Å². The van der Waals surface area contributed by atoms with E-state index in [2.05, 4.69) is 10.6 Å². The van der Waals surface area contributed by atoms with Crippen LogP contribution >= 0.6 is 0 Å².